The topological polar surface area (TPSA) is 53.2 Å². The number of nitrogens with zero attached hydrogens (tertiary/aromatic N) is 1. The van der Waals surface area contributed by atoms with Crippen LogP contribution >= 0.6 is 0 Å². The summed E-state index contributed by atoms with van der Waals surface area (Å²) in [5.74, 6) is 0.984. The highest BCUT2D eigenvalue weighted by molar-refractivity contribution is 6.07. The third kappa shape index (κ3) is 3.34. The Labute approximate surface area is 177 Å². The van der Waals surface area contributed by atoms with Crippen molar-refractivity contribution in [3.63, 3.8) is 0 Å². The summed E-state index contributed by atoms with van der Waals surface area (Å²) in [5.41, 5.74) is 5.23. The highest BCUT2D eigenvalue weighted by Crippen LogP contribution is 2.33. The van der Waals surface area contributed by atoms with Crippen molar-refractivity contribution in [2.24, 2.45) is 11.8 Å². The predicted molar refractivity (Wildman–Crippen MR) is 119 cm³/mol. The lowest BCUT2D eigenvalue weighted by Gasteiger charge is -2.31. The predicted octanol–water partition coefficient (Wildman–Crippen LogP) is 5.03. The summed E-state index contributed by atoms with van der Waals surface area (Å²) in [5, 5.41) is 1.21. The number of nitrogens with one attached hydrogen (secondary N) is 1. The van der Waals surface area contributed by atoms with E-state index in [2.05, 4.69) is 18.0 Å². The maximum atomic E-state index is 13.4. The number of carbonyl (C=O) groups excluding carboxylic acids is 2. The molecular formula is C26H28N2O2. The number of amides is 1. The Hall–Kier alpha value is -2.88. The monoisotopic (exact) mass is 400 g/mol. The molecule has 2 heterocycles. The fraction of sp³-hybridized carbons (Fsp3) is 0.385. The molecule has 0 bridgehead atoms. The minimum absolute atomic E-state index is 0.00605. The lowest BCUT2D eigenvalue weighted by molar-refractivity contribution is 0.0652. The van der Waals surface area contributed by atoms with Crippen LogP contribution in [-0.2, 0) is 12.8 Å². The molecule has 3 aromatic rings. The molecule has 1 saturated heterocycles. The molecule has 1 aliphatic carbocycles. The molecule has 1 N–H and O–H groups in total. The number of ketones is 1. The van der Waals surface area contributed by atoms with E-state index in [0.29, 0.717) is 19.0 Å². The molecule has 1 atom stereocenters. The van der Waals surface area contributed by atoms with Crippen LogP contribution in [0.5, 0.6) is 0 Å². The van der Waals surface area contributed by atoms with E-state index < -0.39 is 0 Å². The Morgan fingerprint density at radius 1 is 0.967 bits per heavy atom. The van der Waals surface area contributed by atoms with Gasteiger partial charge in [0.1, 0.15) is 0 Å². The molecule has 0 saturated carbocycles. The van der Waals surface area contributed by atoms with Crippen molar-refractivity contribution in [3.05, 3.63) is 70.9 Å². The van der Waals surface area contributed by atoms with Crippen LogP contribution in [0.15, 0.2) is 48.5 Å². The Kier molecular flexibility index (Phi) is 4.93. The molecule has 1 fully saturated rings. The van der Waals surface area contributed by atoms with Gasteiger partial charge in [0.25, 0.3) is 5.91 Å². The third-order valence-corrected chi connectivity index (χ3v) is 6.91. The summed E-state index contributed by atoms with van der Waals surface area (Å²) < 4.78 is 0. The third-order valence-electron chi connectivity index (χ3n) is 6.91. The number of aryl methyl sites for hydroxylation is 1. The number of benzene rings is 2. The first kappa shape index (κ1) is 19.1. The maximum absolute atomic E-state index is 13.4. The molecule has 1 unspecified atom stereocenters. The minimum atomic E-state index is 0.00605. The number of hydrogen-bond acceptors (Lipinski definition) is 2. The van der Waals surface area contributed by atoms with E-state index in [4.69, 9.17) is 0 Å². The standard InChI is InChI=1S/C26H28N2O2/c1-17-10-11-23-22(16-17)20-8-5-9-21(24(20)27-23)26(30)28-14-12-19(13-15-28)25(29)18-6-3-2-4-7-18/h2-9,17,19,27H,10-16H2,1H3. The molecule has 154 valence electrons. The van der Waals surface area contributed by atoms with Gasteiger partial charge in [0, 0.05) is 35.7 Å². The number of rotatable bonds is 3. The molecule has 1 aromatic heterocycles. The van der Waals surface area contributed by atoms with Crippen LogP contribution < -0.4 is 0 Å². The second kappa shape index (κ2) is 7.75. The van der Waals surface area contributed by atoms with Crippen LogP contribution in [-0.4, -0.2) is 34.7 Å². The number of para-hydroxylation sites is 1. The van der Waals surface area contributed by atoms with E-state index in [1.54, 1.807) is 0 Å². The van der Waals surface area contributed by atoms with Gasteiger partial charge in [-0.1, -0.05) is 49.4 Å². The van der Waals surface area contributed by atoms with Crippen molar-refractivity contribution in [1.29, 1.82) is 0 Å². The van der Waals surface area contributed by atoms with Gasteiger partial charge in [-0.15, -0.1) is 0 Å². The van der Waals surface area contributed by atoms with E-state index in [9.17, 15) is 9.59 Å². The number of likely N-dealkylation sites (tertiary alicyclic amines) is 1. The zero-order valence-corrected chi connectivity index (χ0v) is 17.5. The van der Waals surface area contributed by atoms with Crippen molar-refractivity contribution in [2.45, 2.75) is 39.0 Å². The first-order valence-corrected chi connectivity index (χ1v) is 11.1. The number of H-pyrrole nitrogens is 1. The van der Waals surface area contributed by atoms with E-state index in [1.165, 1.54) is 23.1 Å². The van der Waals surface area contributed by atoms with Crippen molar-refractivity contribution < 1.29 is 9.59 Å². The molecule has 4 nitrogen and oxygen atoms in total. The number of carbonyl (C=O) groups is 2. The van der Waals surface area contributed by atoms with Gasteiger partial charge in [0.05, 0.1) is 11.1 Å². The largest absolute Gasteiger partial charge is 0.358 e. The molecule has 0 radical (unpaired) electrons. The van der Waals surface area contributed by atoms with Gasteiger partial charge in [0.15, 0.2) is 5.78 Å². The highest BCUT2D eigenvalue weighted by atomic mass is 16.2. The fourth-order valence-electron chi connectivity index (χ4n) is 5.15. The van der Waals surface area contributed by atoms with E-state index >= 15 is 0 Å². The first-order valence-electron chi connectivity index (χ1n) is 11.1. The molecule has 30 heavy (non-hydrogen) atoms. The molecule has 5 rings (SSSR count). The van der Waals surface area contributed by atoms with E-state index in [0.717, 1.165) is 42.3 Å². The number of piperidine rings is 1. The summed E-state index contributed by atoms with van der Waals surface area (Å²) in [7, 11) is 0. The number of fused-ring (bicyclic) bond motifs is 3. The van der Waals surface area contributed by atoms with Gasteiger partial charge in [-0.2, -0.15) is 0 Å². The van der Waals surface area contributed by atoms with Gasteiger partial charge < -0.3 is 9.88 Å². The van der Waals surface area contributed by atoms with Gasteiger partial charge in [-0.25, -0.2) is 0 Å². The van der Waals surface area contributed by atoms with Crippen LogP contribution in [0, 0.1) is 11.8 Å². The van der Waals surface area contributed by atoms with E-state index in [1.807, 2.05) is 47.4 Å². The van der Waals surface area contributed by atoms with Crippen molar-refractivity contribution in [3.8, 4) is 0 Å². The average molecular weight is 401 g/mol. The SMILES string of the molecule is CC1CCc2[nH]c3c(C(=O)N4CCC(C(=O)c5ccccc5)CC4)cccc3c2C1. The zero-order valence-electron chi connectivity index (χ0n) is 17.5. The number of aromatic nitrogens is 1. The first-order chi connectivity index (χ1) is 14.6. The van der Waals surface area contributed by atoms with Crippen molar-refractivity contribution >= 4 is 22.6 Å². The Morgan fingerprint density at radius 3 is 2.50 bits per heavy atom. The molecule has 1 aliphatic heterocycles. The van der Waals surface area contributed by atoms with Crippen molar-refractivity contribution in [1.82, 2.24) is 9.88 Å². The van der Waals surface area contributed by atoms with Crippen LogP contribution in [0.3, 0.4) is 0 Å². The number of aromatic amines is 1. The molecule has 2 aromatic carbocycles. The molecule has 0 spiro atoms. The second-order valence-corrected chi connectivity index (χ2v) is 8.95. The Morgan fingerprint density at radius 2 is 1.73 bits per heavy atom. The van der Waals surface area contributed by atoms with Crippen LogP contribution in [0.25, 0.3) is 10.9 Å². The smallest absolute Gasteiger partial charge is 0.255 e. The lowest BCUT2D eigenvalue weighted by atomic mass is 9.87. The quantitative estimate of drug-likeness (QED) is 0.627. The molecule has 2 aliphatic rings. The van der Waals surface area contributed by atoms with Gasteiger partial charge in [-0.05, 0) is 49.7 Å². The van der Waals surface area contributed by atoms with Crippen molar-refractivity contribution in [2.75, 3.05) is 13.1 Å². The van der Waals surface area contributed by atoms with Gasteiger partial charge in [-0.3, -0.25) is 9.59 Å². The summed E-state index contributed by atoms with van der Waals surface area (Å²) >= 11 is 0. The maximum Gasteiger partial charge on any atom is 0.255 e. The van der Waals surface area contributed by atoms with E-state index in [-0.39, 0.29) is 17.6 Å². The Bertz CT molecular complexity index is 1090. The van der Waals surface area contributed by atoms with Gasteiger partial charge >= 0.3 is 0 Å². The summed E-state index contributed by atoms with van der Waals surface area (Å²) in [6, 6.07) is 15.6. The van der Waals surface area contributed by atoms with Crippen LogP contribution in [0.1, 0.15) is 58.2 Å². The molecule has 1 amide bonds. The molecular weight excluding hydrogens is 372 g/mol. The second-order valence-electron chi connectivity index (χ2n) is 8.95. The average Bonchev–Trinajstić information content (AvgIpc) is 3.17. The normalized spacial score (nSPS) is 19.6. The summed E-state index contributed by atoms with van der Waals surface area (Å²) in [4.78, 5) is 31.6. The minimum Gasteiger partial charge on any atom is -0.358 e. The summed E-state index contributed by atoms with van der Waals surface area (Å²) in [6.07, 6.45) is 4.81. The highest BCUT2D eigenvalue weighted by Gasteiger charge is 2.30. The molecule has 4 heteroatoms. The fourth-order valence-corrected chi connectivity index (χ4v) is 5.15. The van der Waals surface area contributed by atoms with Crippen LogP contribution in [0.2, 0.25) is 0 Å². The Balaban J connectivity index is 1.34. The van der Waals surface area contributed by atoms with Crippen LogP contribution in [0.4, 0.5) is 0 Å². The number of hydrogen-bond donors (Lipinski definition) is 1. The van der Waals surface area contributed by atoms with Gasteiger partial charge in [0.2, 0.25) is 0 Å². The number of Topliss-reactive ketones (excluding diaryl/α,β-unsaturated/α-hetero) is 1. The lowest BCUT2D eigenvalue weighted by Crippen LogP contribution is -2.40. The summed E-state index contributed by atoms with van der Waals surface area (Å²) in [6.45, 7) is 3.57. The zero-order chi connectivity index (χ0) is 20.7.